The van der Waals surface area contributed by atoms with E-state index >= 15 is 0 Å². The average molecular weight is 432 g/mol. The Morgan fingerprint density at radius 3 is 2.61 bits per heavy atom. The molecule has 7 nitrogen and oxygen atoms in total. The van der Waals surface area contributed by atoms with Gasteiger partial charge in [0.25, 0.3) is 0 Å². The van der Waals surface area contributed by atoms with Gasteiger partial charge in [-0.15, -0.1) is 0 Å². The summed E-state index contributed by atoms with van der Waals surface area (Å²) in [6.45, 7) is 2.27. The van der Waals surface area contributed by atoms with Crippen LogP contribution < -0.4 is 20.7 Å². The number of hydrogen-bond acceptors (Lipinski definition) is 7. The number of nitrogens with zero attached hydrogens (tertiary/aromatic N) is 4. The van der Waals surface area contributed by atoms with Crippen LogP contribution in [0.15, 0.2) is 30.5 Å². The molecular weight excluding hydrogens is 409 g/mol. The zero-order chi connectivity index (χ0) is 22.0. The minimum atomic E-state index is -4.44. The molecule has 1 aromatic carbocycles. The third-order valence-electron chi connectivity index (χ3n) is 5.21. The van der Waals surface area contributed by atoms with Crippen molar-refractivity contribution < 1.29 is 17.9 Å². The number of nitrogen functional groups attached to an aromatic ring is 1. The maximum Gasteiger partial charge on any atom is 0.416 e. The molecule has 164 valence electrons. The van der Waals surface area contributed by atoms with Crippen LogP contribution in [0.5, 0.6) is 6.01 Å². The fourth-order valence-electron chi connectivity index (χ4n) is 3.70. The van der Waals surface area contributed by atoms with E-state index in [0.717, 1.165) is 49.3 Å². The van der Waals surface area contributed by atoms with E-state index in [1.54, 1.807) is 12.3 Å². The largest absolute Gasteiger partial charge is 0.467 e. The van der Waals surface area contributed by atoms with Gasteiger partial charge in [0.15, 0.2) is 0 Å². The highest BCUT2D eigenvalue weighted by Crippen LogP contribution is 2.32. The van der Waals surface area contributed by atoms with Crippen LogP contribution in [0.3, 0.4) is 0 Å². The van der Waals surface area contributed by atoms with E-state index in [1.165, 1.54) is 7.11 Å². The summed E-state index contributed by atoms with van der Waals surface area (Å²) in [6, 6.07) is 5.73. The first kappa shape index (κ1) is 21.0. The third kappa shape index (κ3) is 4.73. The third-order valence-corrected chi connectivity index (χ3v) is 5.21. The van der Waals surface area contributed by atoms with Gasteiger partial charge >= 0.3 is 12.2 Å². The van der Waals surface area contributed by atoms with Crippen LogP contribution in [0.1, 0.15) is 24.0 Å². The summed E-state index contributed by atoms with van der Waals surface area (Å²) in [4.78, 5) is 15.5. The van der Waals surface area contributed by atoms with Crippen molar-refractivity contribution >= 4 is 28.2 Å². The Hall–Kier alpha value is -3.30. The topological polar surface area (TPSA) is 89.2 Å². The normalized spacial score (nSPS) is 14.3. The van der Waals surface area contributed by atoms with Crippen molar-refractivity contribution in [2.24, 2.45) is 0 Å². The lowest BCUT2D eigenvalue weighted by atomic mass is 10.1. The summed E-state index contributed by atoms with van der Waals surface area (Å²) in [6.07, 6.45) is -0.154. The maximum atomic E-state index is 13.0. The molecule has 0 unspecified atom stereocenters. The molecule has 3 aromatic rings. The summed E-state index contributed by atoms with van der Waals surface area (Å²) < 4.78 is 44.3. The number of pyridine rings is 1. The number of methoxy groups -OCH3 is 1. The summed E-state index contributed by atoms with van der Waals surface area (Å²) in [7, 11) is 1.47. The molecule has 0 amide bonds. The molecule has 0 saturated carbocycles. The molecular formula is C21H23F3N6O. The highest BCUT2D eigenvalue weighted by molar-refractivity contribution is 5.90. The molecule has 0 aliphatic carbocycles. The highest BCUT2D eigenvalue weighted by Gasteiger charge is 2.31. The minimum absolute atomic E-state index is 0.0836. The van der Waals surface area contributed by atoms with Crippen LogP contribution >= 0.6 is 0 Å². The van der Waals surface area contributed by atoms with Gasteiger partial charge in [0.2, 0.25) is 0 Å². The molecule has 1 aliphatic rings. The summed E-state index contributed by atoms with van der Waals surface area (Å²) in [5.74, 6) is 1.40. The van der Waals surface area contributed by atoms with Gasteiger partial charge in [0.1, 0.15) is 11.6 Å². The van der Waals surface area contributed by atoms with Gasteiger partial charge < -0.3 is 20.7 Å². The van der Waals surface area contributed by atoms with Crippen LogP contribution in [-0.4, -0.2) is 41.7 Å². The molecule has 10 heteroatoms. The SMILES string of the molecule is COc1nc(NCCc2cc(N)cc(C(F)(F)F)c2)c2cc(N3CCCC3)ncc2n1. The van der Waals surface area contributed by atoms with E-state index in [-0.39, 0.29) is 11.7 Å². The number of anilines is 3. The Labute approximate surface area is 177 Å². The van der Waals surface area contributed by atoms with Crippen molar-refractivity contribution in [1.29, 1.82) is 0 Å². The van der Waals surface area contributed by atoms with Crippen molar-refractivity contribution in [1.82, 2.24) is 15.0 Å². The highest BCUT2D eigenvalue weighted by atomic mass is 19.4. The molecule has 0 atom stereocenters. The summed E-state index contributed by atoms with van der Waals surface area (Å²) >= 11 is 0. The van der Waals surface area contributed by atoms with Crippen molar-refractivity contribution in [2.45, 2.75) is 25.4 Å². The Morgan fingerprint density at radius 1 is 1.13 bits per heavy atom. The molecule has 31 heavy (non-hydrogen) atoms. The van der Waals surface area contributed by atoms with E-state index in [2.05, 4.69) is 25.2 Å². The van der Waals surface area contributed by atoms with Gasteiger partial charge in [-0.05, 0) is 49.1 Å². The van der Waals surface area contributed by atoms with Crippen LogP contribution in [-0.2, 0) is 12.6 Å². The lowest BCUT2D eigenvalue weighted by Gasteiger charge is -2.17. The maximum absolute atomic E-state index is 13.0. The molecule has 1 saturated heterocycles. The van der Waals surface area contributed by atoms with Crippen molar-refractivity contribution in [3.63, 3.8) is 0 Å². The van der Waals surface area contributed by atoms with Crippen molar-refractivity contribution in [3.8, 4) is 6.01 Å². The molecule has 3 N–H and O–H groups in total. The zero-order valence-electron chi connectivity index (χ0n) is 17.0. The van der Waals surface area contributed by atoms with Gasteiger partial charge in [0, 0.05) is 30.7 Å². The summed E-state index contributed by atoms with van der Waals surface area (Å²) in [5, 5.41) is 3.99. The van der Waals surface area contributed by atoms with E-state index < -0.39 is 11.7 Å². The Balaban J connectivity index is 1.57. The van der Waals surface area contributed by atoms with Crippen LogP contribution in [0, 0.1) is 0 Å². The second-order valence-electron chi connectivity index (χ2n) is 7.45. The van der Waals surface area contributed by atoms with Crippen LogP contribution in [0.2, 0.25) is 0 Å². The molecule has 1 aliphatic heterocycles. The number of alkyl halides is 3. The number of hydrogen-bond donors (Lipinski definition) is 2. The standard InChI is InChI=1S/C21H23F3N6O/c1-31-20-28-17-12-27-18(30-6-2-3-7-30)11-16(17)19(29-20)26-5-4-13-8-14(21(22,23)24)10-15(25)9-13/h8-12H,2-7,25H2,1H3,(H,26,28,29). The van der Waals surface area contributed by atoms with Crippen LogP contribution in [0.4, 0.5) is 30.5 Å². The summed E-state index contributed by atoms with van der Waals surface area (Å²) in [5.41, 5.74) is 6.11. The first-order valence-corrected chi connectivity index (χ1v) is 10.0. The molecule has 0 spiro atoms. The fraction of sp³-hybridized carbons (Fsp3) is 0.381. The Kier molecular flexibility index (Phi) is 5.71. The number of fused-ring (bicyclic) bond motifs is 1. The second kappa shape index (κ2) is 8.44. The first-order chi connectivity index (χ1) is 14.8. The molecule has 0 bridgehead atoms. The Bertz CT molecular complexity index is 1080. The number of nitrogens with one attached hydrogen (secondary N) is 1. The molecule has 1 fully saturated rings. The zero-order valence-corrected chi connectivity index (χ0v) is 17.0. The second-order valence-corrected chi connectivity index (χ2v) is 7.45. The lowest BCUT2D eigenvalue weighted by molar-refractivity contribution is -0.137. The number of halogens is 3. The molecule has 3 heterocycles. The number of nitrogens with two attached hydrogens (primary N) is 1. The van der Waals surface area contributed by atoms with Gasteiger partial charge in [-0.2, -0.15) is 23.1 Å². The van der Waals surface area contributed by atoms with Gasteiger partial charge in [-0.25, -0.2) is 4.98 Å². The Morgan fingerprint density at radius 2 is 1.90 bits per heavy atom. The minimum Gasteiger partial charge on any atom is -0.467 e. The van der Waals surface area contributed by atoms with Crippen molar-refractivity contribution in [2.75, 3.05) is 42.7 Å². The number of aromatic nitrogens is 3. The molecule has 0 radical (unpaired) electrons. The molecule has 2 aromatic heterocycles. The predicted octanol–water partition coefficient (Wildman–Crippen LogP) is 3.89. The average Bonchev–Trinajstić information content (AvgIpc) is 3.27. The number of ether oxygens (including phenoxy) is 1. The van der Waals surface area contributed by atoms with E-state index in [9.17, 15) is 13.2 Å². The van der Waals surface area contributed by atoms with Gasteiger partial charge in [0.05, 0.1) is 24.4 Å². The van der Waals surface area contributed by atoms with Gasteiger partial charge in [-0.3, -0.25) is 0 Å². The fourth-order valence-corrected chi connectivity index (χ4v) is 3.70. The van der Waals surface area contributed by atoms with E-state index in [4.69, 9.17) is 10.5 Å². The lowest BCUT2D eigenvalue weighted by Crippen LogP contribution is -2.19. The first-order valence-electron chi connectivity index (χ1n) is 10.0. The predicted molar refractivity (Wildman–Crippen MR) is 113 cm³/mol. The van der Waals surface area contributed by atoms with E-state index in [0.29, 0.717) is 29.9 Å². The van der Waals surface area contributed by atoms with Gasteiger partial charge in [-0.1, -0.05) is 0 Å². The van der Waals surface area contributed by atoms with E-state index in [1.807, 2.05) is 6.07 Å². The monoisotopic (exact) mass is 432 g/mol. The number of rotatable bonds is 6. The van der Waals surface area contributed by atoms with Crippen molar-refractivity contribution in [3.05, 3.63) is 41.6 Å². The molecule has 4 rings (SSSR count). The number of benzene rings is 1. The van der Waals surface area contributed by atoms with Crippen LogP contribution in [0.25, 0.3) is 10.9 Å². The smallest absolute Gasteiger partial charge is 0.416 e. The quantitative estimate of drug-likeness (QED) is 0.571.